The normalized spacial score (nSPS) is 12.8. The van der Waals surface area contributed by atoms with Gasteiger partial charge in [-0.1, -0.05) is 23.8 Å². The summed E-state index contributed by atoms with van der Waals surface area (Å²) in [6.07, 6.45) is 3.54. The van der Waals surface area contributed by atoms with Crippen molar-refractivity contribution in [2.24, 2.45) is 5.73 Å². The number of pyridine rings is 1. The highest BCUT2D eigenvalue weighted by Crippen LogP contribution is 2.26. The summed E-state index contributed by atoms with van der Waals surface area (Å²) < 4.78 is 15.6. The summed E-state index contributed by atoms with van der Waals surface area (Å²) >= 11 is 0. The van der Waals surface area contributed by atoms with E-state index in [9.17, 15) is 4.39 Å². The fourth-order valence-electron chi connectivity index (χ4n) is 2.26. The molecule has 3 nitrogen and oxygen atoms in total. The number of nitrogens with two attached hydrogens (primary N) is 1. The van der Waals surface area contributed by atoms with E-state index in [-0.39, 0.29) is 5.82 Å². The molecular formula is C15H14FN3. The Bertz CT molecular complexity index is 733. The predicted molar refractivity (Wildman–Crippen MR) is 72.4 cm³/mol. The molecule has 0 saturated carbocycles. The molecule has 0 aliphatic heterocycles. The van der Waals surface area contributed by atoms with E-state index < -0.39 is 6.04 Å². The molecular weight excluding hydrogens is 241 g/mol. The SMILES string of the molecule is Cc1ccc(F)c(C(N)c2cnn3ccccc23)c1. The van der Waals surface area contributed by atoms with Crippen LogP contribution in [0.15, 0.2) is 48.8 Å². The lowest BCUT2D eigenvalue weighted by atomic mass is 9.98. The molecule has 0 bridgehead atoms. The molecule has 0 amide bonds. The Hall–Kier alpha value is -2.20. The second-order valence-corrected chi connectivity index (χ2v) is 4.63. The molecule has 2 heterocycles. The quantitative estimate of drug-likeness (QED) is 0.765. The molecule has 0 aliphatic carbocycles. The second-order valence-electron chi connectivity index (χ2n) is 4.63. The lowest BCUT2D eigenvalue weighted by molar-refractivity contribution is 0.599. The van der Waals surface area contributed by atoms with Gasteiger partial charge in [-0.2, -0.15) is 5.10 Å². The zero-order valence-electron chi connectivity index (χ0n) is 10.5. The first-order valence-corrected chi connectivity index (χ1v) is 6.11. The summed E-state index contributed by atoms with van der Waals surface area (Å²) in [7, 11) is 0. The molecule has 1 unspecified atom stereocenters. The average molecular weight is 255 g/mol. The van der Waals surface area contributed by atoms with E-state index in [4.69, 9.17) is 5.73 Å². The number of halogens is 1. The van der Waals surface area contributed by atoms with E-state index in [1.165, 1.54) is 6.07 Å². The summed E-state index contributed by atoms with van der Waals surface area (Å²) in [5, 5.41) is 4.23. The van der Waals surface area contributed by atoms with Crippen molar-refractivity contribution in [3.63, 3.8) is 0 Å². The third kappa shape index (κ3) is 2.00. The number of aromatic nitrogens is 2. The molecule has 0 aliphatic rings. The zero-order valence-corrected chi connectivity index (χ0v) is 10.5. The predicted octanol–water partition coefficient (Wildman–Crippen LogP) is 2.83. The van der Waals surface area contributed by atoms with Crippen molar-refractivity contribution in [2.45, 2.75) is 13.0 Å². The van der Waals surface area contributed by atoms with Gasteiger partial charge in [0.1, 0.15) is 5.82 Å². The highest BCUT2D eigenvalue weighted by atomic mass is 19.1. The Morgan fingerprint density at radius 2 is 2.05 bits per heavy atom. The van der Waals surface area contributed by atoms with Gasteiger partial charge in [-0.25, -0.2) is 8.91 Å². The zero-order chi connectivity index (χ0) is 13.4. The Morgan fingerprint density at radius 3 is 2.89 bits per heavy atom. The molecule has 0 spiro atoms. The van der Waals surface area contributed by atoms with Crippen LogP contribution in [0.4, 0.5) is 4.39 Å². The van der Waals surface area contributed by atoms with Crippen LogP contribution in [0.1, 0.15) is 22.7 Å². The minimum absolute atomic E-state index is 0.284. The van der Waals surface area contributed by atoms with Crippen LogP contribution in [0.2, 0.25) is 0 Å². The molecule has 1 aromatic carbocycles. The Balaban J connectivity index is 2.13. The van der Waals surface area contributed by atoms with Gasteiger partial charge < -0.3 is 5.73 Å². The molecule has 96 valence electrons. The van der Waals surface area contributed by atoms with Crippen LogP contribution in [0.3, 0.4) is 0 Å². The molecule has 0 saturated heterocycles. The molecule has 19 heavy (non-hydrogen) atoms. The molecule has 0 radical (unpaired) electrons. The van der Waals surface area contributed by atoms with E-state index in [1.807, 2.05) is 31.3 Å². The van der Waals surface area contributed by atoms with Gasteiger partial charge in [0.25, 0.3) is 0 Å². The summed E-state index contributed by atoms with van der Waals surface area (Å²) in [6.45, 7) is 1.92. The van der Waals surface area contributed by atoms with Crippen LogP contribution in [0.5, 0.6) is 0 Å². The van der Waals surface area contributed by atoms with E-state index in [2.05, 4.69) is 5.10 Å². The summed E-state index contributed by atoms with van der Waals surface area (Å²) in [5.74, 6) is -0.284. The lowest BCUT2D eigenvalue weighted by Crippen LogP contribution is -2.13. The van der Waals surface area contributed by atoms with Gasteiger partial charge in [0, 0.05) is 17.3 Å². The maximum Gasteiger partial charge on any atom is 0.128 e. The summed E-state index contributed by atoms with van der Waals surface area (Å²) in [4.78, 5) is 0. The maximum atomic E-state index is 13.9. The Morgan fingerprint density at radius 1 is 1.21 bits per heavy atom. The van der Waals surface area contributed by atoms with Crippen molar-refractivity contribution in [2.75, 3.05) is 0 Å². The van der Waals surface area contributed by atoms with Crippen molar-refractivity contribution in [3.8, 4) is 0 Å². The second kappa shape index (κ2) is 4.48. The van der Waals surface area contributed by atoms with Crippen molar-refractivity contribution in [3.05, 3.63) is 71.3 Å². The van der Waals surface area contributed by atoms with Crippen LogP contribution in [0, 0.1) is 12.7 Å². The minimum atomic E-state index is -0.514. The smallest absolute Gasteiger partial charge is 0.128 e. The number of aryl methyl sites for hydroxylation is 1. The molecule has 4 heteroatoms. The van der Waals surface area contributed by atoms with Crippen molar-refractivity contribution >= 4 is 5.52 Å². The third-order valence-corrected chi connectivity index (χ3v) is 3.28. The van der Waals surface area contributed by atoms with E-state index >= 15 is 0 Å². The maximum absolute atomic E-state index is 13.9. The first-order chi connectivity index (χ1) is 9.16. The molecule has 3 rings (SSSR count). The van der Waals surface area contributed by atoms with Crippen LogP contribution in [-0.2, 0) is 0 Å². The number of benzene rings is 1. The number of hydrogen-bond acceptors (Lipinski definition) is 2. The van der Waals surface area contributed by atoms with Gasteiger partial charge in [0.2, 0.25) is 0 Å². The molecule has 0 fully saturated rings. The van der Waals surface area contributed by atoms with Crippen LogP contribution in [0.25, 0.3) is 5.52 Å². The molecule has 2 N–H and O–H groups in total. The van der Waals surface area contributed by atoms with Crippen LogP contribution < -0.4 is 5.73 Å². The summed E-state index contributed by atoms with van der Waals surface area (Å²) in [5.41, 5.74) is 9.41. The molecule has 2 aromatic heterocycles. The third-order valence-electron chi connectivity index (χ3n) is 3.28. The van der Waals surface area contributed by atoms with Crippen LogP contribution >= 0.6 is 0 Å². The lowest BCUT2D eigenvalue weighted by Gasteiger charge is -2.12. The van der Waals surface area contributed by atoms with Gasteiger partial charge >= 0.3 is 0 Å². The standard InChI is InChI=1S/C15H14FN3/c1-10-5-6-13(16)11(8-10)15(17)12-9-18-19-7-3-2-4-14(12)19/h2-9,15H,17H2,1H3. The largest absolute Gasteiger partial charge is 0.320 e. The minimum Gasteiger partial charge on any atom is -0.320 e. The highest BCUT2D eigenvalue weighted by Gasteiger charge is 2.17. The van der Waals surface area contributed by atoms with Crippen molar-refractivity contribution in [1.82, 2.24) is 9.61 Å². The number of fused-ring (bicyclic) bond motifs is 1. The fraction of sp³-hybridized carbons (Fsp3) is 0.133. The van der Waals surface area contributed by atoms with Gasteiger partial charge in [-0.3, -0.25) is 0 Å². The molecule has 1 atom stereocenters. The van der Waals surface area contributed by atoms with E-state index in [0.717, 1.165) is 16.6 Å². The van der Waals surface area contributed by atoms with E-state index in [1.54, 1.807) is 22.8 Å². The summed E-state index contributed by atoms with van der Waals surface area (Å²) in [6, 6.07) is 10.2. The average Bonchev–Trinajstić information content (AvgIpc) is 2.84. The monoisotopic (exact) mass is 255 g/mol. The first-order valence-electron chi connectivity index (χ1n) is 6.11. The van der Waals surface area contributed by atoms with Gasteiger partial charge in [0.15, 0.2) is 0 Å². The Labute approximate surface area is 110 Å². The Kier molecular flexibility index (Phi) is 2.80. The number of rotatable bonds is 2. The van der Waals surface area contributed by atoms with Gasteiger partial charge in [-0.15, -0.1) is 0 Å². The van der Waals surface area contributed by atoms with E-state index in [0.29, 0.717) is 5.56 Å². The van der Waals surface area contributed by atoms with Crippen molar-refractivity contribution in [1.29, 1.82) is 0 Å². The van der Waals surface area contributed by atoms with Gasteiger partial charge in [-0.05, 0) is 25.1 Å². The van der Waals surface area contributed by atoms with Crippen molar-refractivity contribution < 1.29 is 4.39 Å². The van der Waals surface area contributed by atoms with Gasteiger partial charge in [0.05, 0.1) is 17.8 Å². The fourth-order valence-corrected chi connectivity index (χ4v) is 2.26. The topological polar surface area (TPSA) is 43.3 Å². The highest BCUT2D eigenvalue weighted by molar-refractivity contribution is 5.57. The molecule has 3 aromatic rings. The number of nitrogens with zero attached hydrogens (tertiary/aromatic N) is 2. The number of hydrogen-bond donors (Lipinski definition) is 1. The first kappa shape index (κ1) is 11.9. The van der Waals surface area contributed by atoms with Crippen LogP contribution in [-0.4, -0.2) is 9.61 Å².